The fourth-order valence-electron chi connectivity index (χ4n) is 2.80. The molecular weight excluding hydrogens is 192 g/mol. The number of fused-ring (bicyclic) bond motifs is 1. The first-order valence-corrected chi connectivity index (χ1v) is 5.91. The Morgan fingerprint density at radius 1 is 1.19 bits per heavy atom. The minimum Gasteiger partial charge on any atom is -0.0837 e. The Kier molecular flexibility index (Phi) is 2.10. The molecule has 0 saturated heterocycles. The number of hydrogen-bond acceptors (Lipinski definition) is 0. The van der Waals surface area contributed by atoms with Crippen molar-refractivity contribution in [2.75, 3.05) is 0 Å². The minimum absolute atomic E-state index is 0.248. The van der Waals surface area contributed by atoms with Crippen LogP contribution in [0.1, 0.15) is 30.4 Å². The van der Waals surface area contributed by atoms with Gasteiger partial charge in [0.15, 0.2) is 0 Å². The SMILES string of the molecule is CC1(C2C=Cc3ccccc32)C=CC=CC1. The molecule has 16 heavy (non-hydrogen) atoms. The maximum Gasteiger partial charge on any atom is 0.0119 e. The van der Waals surface area contributed by atoms with Crippen molar-refractivity contribution in [2.45, 2.75) is 19.3 Å². The van der Waals surface area contributed by atoms with Gasteiger partial charge in [-0.25, -0.2) is 0 Å². The molecule has 0 aromatic heterocycles. The topological polar surface area (TPSA) is 0 Å². The zero-order chi connectivity index (χ0) is 11.0. The summed E-state index contributed by atoms with van der Waals surface area (Å²) in [7, 11) is 0. The first-order chi connectivity index (χ1) is 7.80. The van der Waals surface area contributed by atoms with Crippen LogP contribution in [0.25, 0.3) is 6.08 Å². The van der Waals surface area contributed by atoms with Crippen molar-refractivity contribution in [3.05, 3.63) is 65.8 Å². The Morgan fingerprint density at radius 3 is 2.88 bits per heavy atom. The maximum atomic E-state index is 2.36. The van der Waals surface area contributed by atoms with Crippen molar-refractivity contribution >= 4 is 6.08 Å². The van der Waals surface area contributed by atoms with Gasteiger partial charge in [-0.05, 0) is 23.0 Å². The summed E-state index contributed by atoms with van der Waals surface area (Å²) >= 11 is 0. The van der Waals surface area contributed by atoms with Crippen LogP contribution in [0.3, 0.4) is 0 Å². The van der Waals surface area contributed by atoms with E-state index in [1.54, 1.807) is 0 Å². The molecule has 80 valence electrons. The van der Waals surface area contributed by atoms with Gasteiger partial charge in [-0.3, -0.25) is 0 Å². The molecule has 0 amide bonds. The van der Waals surface area contributed by atoms with Crippen LogP contribution < -0.4 is 0 Å². The molecule has 1 aromatic carbocycles. The third-order valence-electron chi connectivity index (χ3n) is 3.79. The molecular formula is C16H16. The molecule has 0 nitrogen and oxygen atoms in total. The summed E-state index contributed by atoms with van der Waals surface area (Å²) in [4.78, 5) is 0. The van der Waals surface area contributed by atoms with Crippen molar-refractivity contribution in [3.63, 3.8) is 0 Å². The van der Waals surface area contributed by atoms with Crippen LogP contribution in [0.5, 0.6) is 0 Å². The normalized spacial score (nSPS) is 30.7. The van der Waals surface area contributed by atoms with Crippen LogP contribution in [-0.4, -0.2) is 0 Å². The molecule has 2 atom stereocenters. The van der Waals surface area contributed by atoms with E-state index >= 15 is 0 Å². The molecule has 0 bridgehead atoms. The molecule has 2 aliphatic rings. The third-order valence-corrected chi connectivity index (χ3v) is 3.79. The van der Waals surface area contributed by atoms with E-state index < -0.39 is 0 Å². The first-order valence-electron chi connectivity index (χ1n) is 5.91. The van der Waals surface area contributed by atoms with E-state index in [0.717, 1.165) is 6.42 Å². The van der Waals surface area contributed by atoms with Crippen LogP contribution in [-0.2, 0) is 0 Å². The standard InChI is InChI=1S/C16H16/c1-16(11-5-2-6-12-16)15-10-9-13-7-3-4-8-14(13)15/h2-11,15H,12H2,1H3. The van der Waals surface area contributed by atoms with Gasteiger partial charge in [0.25, 0.3) is 0 Å². The highest BCUT2D eigenvalue weighted by Gasteiger charge is 2.34. The molecule has 2 aliphatic carbocycles. The highest BCUT2D eigenvalue weighted by atomic mass is 14.4. The van der Waals surface area contributed by atoms with Gasteiger partial charge in [0.05, 0.1) is 0 Å². The van der Waals surface area contributed by atoms with E-state index in [1.807, 2.05) is 0 Å². The molecule has 1 aromatic rings. The predicted octanol–water partition coefficient (Wildman–Crippen LogP) is 4.32. The first kappa shape index (κ1) is 9.65. The summed E-state index contributed by atoms with van der Waals surface area (Å²) in [6, 6.07) is 8.73. The Bertz CT molecular complexity index is 491. The van der Waals surface area contributed by atoms with Gasteiger partial charge in [-0.15, -0.1) is 0 Å². The lowest BCUT2D eigenvalue weighted by Crippen LogP contribution is -2.21. The summed E-state index contributed by atoms with van der Waals surface area (Å²) in [6.45, 7) is 2.35. The largest absolute Gasteiger partial charge is 0.0837 e. The summed E-state index contributed by atoms with van der Waals surface area (Å²) in [5.74, 6) is 0.532. The molecule has 2 unspecified atom stereocenters. The van der Waals surface area contributed by atoms with Crippen LogP contribution >= 0.6 is 0 Å². The van der Waals surface area contributed by atoms with Gasteiger partial charge in [0, 0.05) is 5.92 Å². The van der Waals surface area contributed by atoms with Gasteiger partial charge in [0.1, 0.15) is 0 Å². The number of rotatable bonds is 1. The molecule has 0 saturated carbocycles. The number of hydrogen-bond donors (Lipinski definition) is 0. The summed E-state index contributed by atoms with van der Waals surface area (Å²) < 4.78 is 0. The second kappa shape index (κ2) is 3.48. The lowest BCUT2D eigenvalue weighted by Gasteiger charge is -2.33. The third kappa shape index (κ3) is 1.37. The molecule has 3 rings (SSSR count). The fraction of sp³-hybridized carbons (Fsp3) is 0.250. The average molecular weight is 208 g/mol. The Hall–Kier alpha value is -1.56. The van der Waals surface area contributed by atoms with Gasteiger partial charge in [-0.1, -0.05) is 67.6 Å². The van der Waals surface area contributed by atoms with E-state index in [0.29, 0.717) is 5.92 Å². The van der Waals surface area contributed by atoms with Crippen LogP contribution in [0.2, 0.25) is 0 Å². The smallest absolute Gasteiger partial charge is 0.0119 e. The molecule has 0 fully saturated rings. The van der Waals surface area contributed by atoms with E-state index in [4.69, 9.17) is 0 Å². The summed E-state index contributed by atoms with van der Waals surface area (Å²) in [5.41, 5.74) is 3.11. The van der Waals surface area contributed by atoms with Crippen molar-refractivity contribution in [2.24, 2.45) is 5.41 Å². The molecule has 0 heterocycles. The van der Waals surface area contributed by atoms with E-state index in [9.17, 15) is 0 Å². The Balaban J connectivity index is 2.02. The molecule has 0 spiro atoms. The molecule has 0 radical (unpaired) electrons. The van der Waals surface area contributed by atoms with E-state index in [1.165, 1.54) is 11.1 Å². The van der Waals surface area contributed by atoms with Gasteiger partial charge < -0.3 is 0 Å². The van der Waals surface area contributed by atoms with E-state index in [-0.39, 0.29) is 5.41 Å². The van der Waals surface area contributed by atoms with Crippen molar-refractivity contribution in [1.82, 2.24) is 0 Å². The zero-order valence-corrected chi connectivity index (χ0v) is 9.56. The lowest BCUT2D eigenvalue weighted by atomic mass is 9.71. The Morgan fingerprint density at radius 2 is 2.06 bits per heavy atom. The predicted molar refractivity (Wildman–Crippen MR) is 69.2 cm³/mol. The van der Waals surface area contributed by atoms with E-state index in [2.05, 4.69) is 67.6 Å². The minimum atomic E-state index is 0.248. The highest BCUT2D eigenvalue weighted by Crippen LogP contribution is 2.47. The second-order valence-corrected chi connectivity index (χ2v) is 4.96. The monoisotopic (exact) mass is 208 g/mol. The highest BCUT2D eigenvalue weighted by molar-refractivity contribution is 5.63. The Labute approximate surface area is 97.0 Å². The molecule has 0 aliphatic heterocycles. The summed E-state index contributed by atoms with van der Waals surface area (Å²) in [5, 5.41) is 0. The maximum absolute atomic E-state index is 2.36. The average Bonchev–Trinajstić information content (AvgIpc) is 2.74. The van der Waals surface area contributed by atoms with Crippen molar-refractivity contribution in [1.29, 1.82) is 0 Å². The van der Waals surface area contributed by atoms with Gasteiger partial charge in [0.2, 0.25) is 0 Å². The van der Waals surface area contributed by atoms with Gasteiger partial charge in [-0.2, -0.15) is 0 Å². The fourth-order valence-corrected chi connectivity index (χ4v) is 2.80. The zero-order valence-electron chi connectivity index (χ0n) is 9.56. The van der Waals surface area contributed by atoms with Crippen LogP contribution in [0.15, 0.2) is 54.6 Å². The number of benzene rings is 1. The van der Waals surface area contributed by atoms with Gasteiger partial charge >= 0.3 is 0 Å². The lowest BCUT2D eigenvalue weighted by molar-refractivity contribution is 0.386. The quantitative estimate of drug-likeness (QED) is 0.644. The second-order valence-electron chi connectivity index (χ2n) is 4.96. The molecule has 0 N–H and O–H groups in total. The summed E-state index contributed by atoms with van der Waals surface area (Å²) in [6.07, 6.45) is 14.7. The van der Waals surface area contributed by atoms with Crippen molar-refractivity contribution < 1.29 is 0 Å². The molecule has 0 heteroatoms. The van der Waals surface area contributed by atoms with Crippen LogP contribution in [0, 0.1) is 5.41 Å². The van der Waals surface area contributed by atoms with Crippen LogP contribution in [0.4, 0.5) is 0 Å². The van der Waals surface area contributed by atoms with Crippen molar-refractivity contribution in [3.8, 4) is 0 Å². The number of allylic oxidation sites excluding steroid dienone is 5.